The van der Waals surface area contributed by atoms with Crippen LogP contribution in [0.2, 0.25) is 0 Å². The summed E-state index contributed by atoms with van der Waals surface area (Å²) >= 11 is 0. The summed E-state index contributed by atoms with van der Waals surface area (Å²) in [4.78, 5) is 0. The first-order chi connectivity index (χ1) is 6.18. The van der Waals surface area contributed by atoms with Crippen molar-refractivity contribution in [3.8, 4) is 0 Å². The van der Waals surface area contributed by atoms with Crippen LogP contribution in [0, 0.1) is 5.41 Å². The molecule has 4 nitrogen and oxygen atoms in total. The van der Waals surface area contributed by atoms with E-state index in [9.17, 15) is 5.11 Å². The van der Waals surface area contributed by atoms with Crippen LogP contribution in [0.1, 0.15) is 40.3 Å². The van der Waals surface area contributed by atoms with Crippen LogP contribution in [0.25, 0.3) is 0 Å². The summed E-state index contributed by atoms with van der Waals surface area (Å²) in [5, 5.41) is 17.6. The van der Waals surface area contributed by atoms with E-state index in [2.05, 4.69) is 31.1 Å². The summed E-state index contributed by atoms with van der Waals surface area (Å²) in [5.74, 6) is 0. The number of aliphatic hydroxyl groups is 1. The molecule has 1 rings (SSSR count). The SMILES string of the molecule is CC(C)(C)Cc1cn(C(C)(C)O)nn1. The topological polar surface area (TPSA) is 50.9 Å². The maximum absolute atomic E-state index is 9.66. The van der Waals surface area contributed by atoms with E-state index in [0.29, 0.717) is 0 Å². The molecule has 1 heterocycles. The molecule has 0 aliphatic rings. The third-order valence-electron chi connectivity index (χ3n) is 1.81. The van der Waals surface area contributed by atoms with Crippen molar-refractivity contribution < 1.29 is 5.11 Å². The van der Waals surface area contributed by atoms with Crippen molar-refractivity contribution in [2.24, 2.45) is 5.41 Å². The van der Waals surface area contributed by atoms with Crippen molar-refractivity contribution >= 4 is 0 Å². The lowest BCUT2D eigenvalue weighted by Gasteiger charge is -2.17. The molecule has 0 aliphatic carbocycles. The van der Waals surface area contributed by atoms with Crippen LogP contribution in [-0.4, -0.2) is 20.1 Å². The van der Waals surface area contributed by atoms with Gasteiger partial charge in [-0.15, -0.1) is 5.10 Å². The molecule has 14 heavy (non-hydrogen) atoms. The van der Waals surface area contributed by atoms with E-state index in [-0.39, 0.29) is 5.41 Å². The second kappa shape index (κ2) is 3.35. The molecule has 0 radical (unpaired) electrons. The molecule has 4 heteroatoms. The zero-order valence-electron chi connectivity index (χ0n) is 9.57. The van der Waals surface area contributed by atoms with Gasteiger partial charge in [0, 0.05) is 0 Å². The molecule has 0 fully saturated rings. The fourth-order valence-corrected chi connectivity index (χ4v) is 1.19. The lowest BCUT2D eigenvalue weighted by atomic mass is 9.91. The Balaban J connectivity index is 2.79. The first kappa shape index (κ1) is 11.2. The maximum atomic E-state index is 9.66. The summed E-state index contributed by atoms with van der Waals surface area (Å²) in [6.45, 7) is 9.81. The highest BCUT2D eigenvalue weighted by atomic mass is 16.3. The van der Waals surface area contributed by atoms with Crippen LogP contribution in [-0.2, 0) is 12.1 Å². The van der Waals surface area contributed by atoms with Crippen LogP contribution in [0.3, 0.4) is 0 Å². The molecule has 0 unspecified atom stereocenters. The van der Waals surface area contributed by atoms with Crippen molar-refractivity contribution in [1.82, 2.24) is 15.0 Å². The summed E-state index contributed by atoms with van der Waals surface area (Å²) in [6.07, 6.45) is 2.66. The second-order valence-corrected chi connectivity index (χ2v) is 5.39. The molecular formula is C10H19N3O. The molecule has 1 N–H and O–H groups in total. The van der Waals surface area contributed by atoms with Crippen LogP contribution >= 0.6 is 0 Å². The van der Waals surface area contributed by atoms with Crippen LogP contribution in [0.4, 0.5) is 0 Å². The third-order valence-corrected chi connectivity index (χ3v) is 1.81. The molecular weight excluding hydrogens is 178 g/mol. The van der Waals surface area contributed by atoms with E-state index in [1.165, 1.54) is 4.68 Å². The quantitative estimate of drug-likeness (QED) is 0.782. The molecule has 0 amide bonds. The predicted molar refractivity (Wildman–Crippen MR) is 54.7 cm³/mol. The van der Waals surface area contributed by atoms with Crippen molar-refractivity contribution in [1.29, 1.82) is 0 Å². The first-order valence-electron chi connectivity index (χ1n) is 4.82. The number of hydrogen-bond donors (Lipinski definition) is 1. The molecule has 80 valence electrons. The maximum Gasteiger partial charge on any atom is 0.153 e. The van der Waals surface area contributed by atoms with Crippen molar-refractivity contribution in [2.45, 2.75) is 46.8 Å². The second-order valence-electron chi connectivity index (χ2n) is 5.39. The monoisotopic (exact) mass is 197 g/mol. The zero-order valence-corrected chi connectivity index (χ0v) is 9.57. The molecule has 0 bridgehead atoms. The molecule has 0 spiro atoms. The van der Waals surface area contributed by atoms with E-state index < -0.39 is 5.72 Å². The standard InChI is InChI=1S/C10H19N3O/c1-9(2,3)6-8-7-13(12-11-8)10(4,5)14/h7,14H,6H2,1-5H3. The first-order valence-corrected chi connectivity index (χ1v) is 4.82. The fraction of sp³-hybridized carbons (Fsp3) is 0.800. The van der Waals surface area contributed by atoms with Crippen LogP contribution in [0.5, 0.6) is 0 Å². The molecule has 0 atom stereocenters. The van der Waals surface area contributed by atoms with Gasteiger partial charge in [0.15, 0.2) is 5.72 Å². The largest absolute Gasteiger partial charge is 0.370 e. The van der Waals surface area contributed by atoms with Gasteiger partial charge in [0.2, 0.25) is 0 Å². The normalized spacial score (nSPS) is 13.3. The van der Waals surface area contributed by atoms with Gasteiger partial charge in [-0.2, -0.15) is 0 Å². The number of nitrogens with zero attached hydrogens (tertiary/aromatic N) is 3. The Morgan fingerprint density at radius 1 is 1.29 bits per heavy atom. The van der Waals surface area contributed by atoms with Gasteiger partial charge in [-0.25, -0.2) is 4.68 Å². The van der Waals surface area contributed by atoms with E-state index in [4.69, 9.17) is 0 Å². The molecule has 0 saturated heterocycles. The molecule has 0 aromatic carbocycles. The number of rotatable bonds is 2. The Morgan fingerprint density at radius 2 is 1.86 bits per heavy atom. The highest BCUT2D eigenvalue weighted by Crippen LogP contribution is 2.19. The molecule has 0 saturated carbocycles. The summed E-state index contributed by atoms with van der Waals surface area (Å²) in [5.41, 5.74) is 0.142. The van der Waals surface area contributed by atoms with E-state index >= 15 is 0 Å². The Labute approximate surface area is 84.9 Å². The van der Waals surface area contributed by atoms with Gasteiger partial charge in [0.05, 0.1) is 11.9 Å². The van der Waals surface area contributed by atoms with Gasteiger partial charge in [-0.1, -0.05) is 26.0 Å². The number of hydrogen-bond acceptors (Lipinski definition) is 3. The minimum absolute atomic E-state index is 0.195. The van der Waals surface area contributed by atoms with Crippen LogP contribution in [0.15, 0.2) is 6.20 Å². The average molecular weight is 197 g/mol. The lowest BCUT2D eigenvalue weighted by molar-refractivity contribution is -0.0120. The van der Waals surface area contributed by atoms with Crippen LogP contribution < -0.4 is 0 Å². The van der Waals surface area contributed by atoms with Crippen molar-refractivity contribution in [3.05, 3.63) is 11.9 Å². The molecule has 1 aromatic heterocycles. The van der Waals surface area contributed by atoms with E-state index in [0.717, 1.165) is 12.1 Å². The Kier molecular flexibility index (Phi) is 2.67. The minimum atomic E-state index is -0.969. The lowest BCUT2D eigenvalue weighted by Crippen LogP contribution is -2.25. The van der Waals surface area contributed by atoms with Gasteiger partial charge in [-0.05, 0) is 25.7 Å². The predicted octanol–water partition coefficient (Wildman–Crippen LogP) is 1.55. The summed E-state index contributed by atoms with van der Waals surface area (Å²) in [6, 6.07) is 0. The van der Waals surface area contributed by atoms with Crippen molar-refractivity contribution in [2.75, 3.05) is 0 Å². The average Bonchev–Trinajstić information content (AvgIpc) is 2.29. The smallest absolute Gasteiger partial charge is 0.153 e. The fourth-order valence-electron chi connectivity index (χ4n) is 1.19. The molecule has 0 aliphatic heterocycles. The van der Waals surface area contributed by atoms with Gasteiger partial charge in [0.1, 0.15) is 0 Å². The number of aromatic nitrogens is 3. The third kappa shape index (κ3) is 3.10. The Bertz CT molecular complexity index is 304. The minimum Gasteiger partial charge on any atom is -0.370 e. The van der Waals surface area contributed by atoms with Gasteiger partial charge in [-0.3, -0.25) is 0 Å². The Hall–Kier alpha value is -0.900. The van der Waals surface area contributed by atoms with Gasteiger partial charge < -0.3 is 5.11 Å². The summed E-state index contributed by atoms with van der Waals surface area (Å²) in [7, 11) is 0. The highest BCUT2D eigenvalue weighted by Gasteiger charge is 2.19. The highest BCUT2D eigenvalue weighted by molar-refractivity contribution is 4.96. The van der Waals surface area contributed by atoms with E-state index in [1.54, 1.807) is 20.0 Å². The van der Waals surface area contributed by atoms with Gasteiger partial charge in [0.25, 0.3) is 0 Å². The van der Waals surface area contributed by atoms with Crippen molar-refractivity contribution in [3.63, 3.8) is 0 Å². The zero-order chi connectivity index (χ0) is 11.0. The van der Waals surface area contributed by atoms with E-state index in [1.807, 2.05) is 0 Å². The summed E-state index contributed by atoms with van der Waals surface area (Å²) < 4.78 is 1.48. The molecule has 1 aromatic rings. The van der Waals surface area contributed by atoms with Gasteiger partial charge >= 0.3 is 0 Å². The Morgan fingerprint density at radius 3 is 2.21 bits per heavy atom.